The smallest absolute Gasteiger partial charge is 0.134 e. The number of ether oxygens (including phenoxy) is 2. The van der Waals surface area contributed by atoms with Gasteiger partial charge in [-0.25, -0.2) is 0 Å². The Morgan fingerprint density at radius 3 is 1.50 bits per heavy atom. The zero-order valence-electron chi connectivity index (χ0n) is 8.31. The molecule has 6 heteroatoms. The lowest BCUT2D eigenvalue weighted by molar-refractivity contribution is 0.331. The van der Waals surface area contributed by atoms with Crippen molar-refractivity contribution in [3.8, 4) is 11.5 Å². The van der Waals surface area contributed by atoms with Gasteiger partial charge in [0.2, 0.25) is 0 Å². The molecule has 2 nitrogen and oxygen atoms in total. The Morgan fingerprint density at radius 2 is 1.19 bits per heavy atom. The minimum atomic E-state index is 0.632. The van der Waals surface area contributed by atoms with Crippen LogP contribution in [0.2, 0.25) is 0 Å². The van der Waals surface area contributed by atoms with Gasteiger partial charge >= 0.3 is 0 Å². The lowest BCUT2D eigenvalue weighted by Crippen LogP contribution is -2.01. The number of halogens is 4. The molecule has 0 saturated carbocycles. The van der Waals surface area contributed by atoms with Gasteiger partial charge in [-0.05, 0) is 44.0 Å². The third-order valence-electron chi connectivity index (χ3n) is 1.66. The zero-order valence-corrected chi connectivity index (χ0v) is 14.7. The van der Waals surface area contributed by atoms with Crippen molar-refractivity contribution in [3.63, 3.8) is 0 Å². The van der Waals surface area contributed by atoms with Crippen molar-refractivity contribution >= 4 is 63.7 Å². The third kappa shape index (κ3) is 4.55. The molecule has 0 bridgehead atoms. The van der Waals surface area contributed by atoms with Gasteiger partial charge in [-0.1, -0.05) is 31.9 Å². The molecule has 0 aliphatic heterocycles. The molecule has 16 heavy (non-hydrogen) atoms. The van der Waals surface area contributed by atoms with Crippen LogP contribution in [0.5, 0.6) is 11.5 Å². The molecule has 0 atom stereocenters. The number of benzene rings is 1. The van der Waals surface area contributed by atoms with E-state index in [-0.39, 0.29) is 0 Å². The van der Waals surface area contributed by atoms with E-state index in [9.17, 15) is 0 Å². The fraction of sp³-hybridized carbons (Fsp3) is 0.400. The van der Waals surface area contributed by atoms with Crippen LogP contribution in [0.25, 0.3) is 0 Å². The molecule has 0 unspecified atom stereocenters. The fourth-order valence-corrected chi connectivity index (χ4v) is 2.23. The molecule has 0 fully saturated rings. The first-order valence-corrected chi connectivity index (χ1v) is 8.38. The quantitative estimate of drug-likeness (QED) is 0.546. The third-order valence-corrected chi connectivity index (χ3v) is 3.54. The lowest BCUT2D eigenvalue weighted by Gasteiger charge is -2.11. The van der Waals surface area contributed by atoms with E-state index in [0.29, 0.717) is 13.2 Å². The van der Waals surface area contributed by atoms with Crippen LogP contribution < -0.4 is 9.47 Å². The van der Waals surface area contributed by atoms with Crippen LogP contribution in [-0.4, -0.2) is 23.9 Å². The average Bonchev–Trinajstić information content (AvgIpc) is 2.28. The van der Waals surface area contributed by atoms with Crippen LogP contribution in [0.1, 0.15) is 0 Å². The highest BCUT2D eigenvalue weighted by Gasteiger charge is 2.08. The van der Waals surface area contributed by atoms with Crippen molar-refractivity contribution < 1.29 is 9.47 Å². The number of alkyl halides is 2. The summed E-state index contributed by atoms with van der Waals surface area (Å²) in [5, 5.41) is 1.61. The second-order valence-corrected chi connectivity index (χ2v) is 6.08. The Morgan fingerprint density at radius 1 is 0.812 bits per heavy atom. The van der Waals surface area contributed by atoms with Gasteiger partial charge in [0, 0.05) is 10.7 Å². The summed E-state index contributed by atoms with van der Waals surface area (Å²) in [6.45, 7) is 1.26. The molecule has 0 spiro atoms. The normalized spacial score (nSPS) is 10.2. The molecule has 0 N–H and O–H groups in total. The Labute approximate surface area is 129 Å². The van der Waals surface area contributed by atoms with E-state index in [1.54, 1.807) is 0 Å². The highest BCUT2D eigenvalue weighted by atomic mass is 79.9. The lowest BCUT2D eigenvalue weighted by atomic mass is 10.3. The molecule has 0 aliphatic rings. The topological polar surface area (TPSA) is 18.5 Å². The summed E-state index contributed by atoms with van der Waals surface area (Å²) in [6.07, 6.45) is 0. The Kier molecular flexibility index (Phi) is 7.35. The summed E-state index contributed by atoms with van der Waals surface area (Å²) in [5.41, 5.74) is 0. The van der Waals surface area contributed by atoms with Crippen molar-refractivity contribution in [2.24, 2.45) is 0 Å². The summed E-state index contributed by atoms with van der Waals surface area (Å²) in [6, 6.07) is 3.80. The summed E-state index contributed by atoms with van der Waals surface area (Å²) in [4.78, 5) is 0. The van der Waals surface area contributed by atoms with E-state index >= 15 is 0 Å². The maximum absolute atomic E-state index is 5.54. The fourth-order valence-electron chi connectivity index (χ4n) is 1.03. The van der Waals surface area contributed by atoms with E-state index in [0.717, 1.165) is 31.1 Å². The van der Waals surface area contributed by atoms with Crippen LogP contribution in [0.15, 0.2) is 21.1 Å². The van der Waals surface area contributed by atoms with Crippen molar-refractivity contribution in [2.45, 2.75) is 0 Å². The molecule has 1 aromatic carbocycles. The van der Waals surface area contributed by atoms with Gasteiger partial charge in [0.1, 0.15) is 11.5 Å². The molecule has 0 aliphatic carbocycles. The monoisotopic (exact) mass is 478 g/mol. The second kappa shape index (κ2) is 7.95. The van der Waals surface area contributed by atoms with Crippen molar-refractivity contribution in [1.29, 1.82) is 0 Å². The van der Waals surface area contributed by atoms with Crippen molar-refractivity contribution in [1.82, 2.24) is 0 Å². The minimum Gasteiger partial charge on any atom is -0.491 e. The largest absolute Gasteiger partial charge is 0.491 e. The van der Waals surface area contributed by atoms with Gasteiger partial charge < -0.3 is 9.47 Å². The van der Waals surface area contributed by atoms with Gasteiger partial charge in [0.15, 0.2) is 0 Å². The molecule has 1 aromatic rings. The molecule has 0 aromatic heterocycles. The summed E-state index contributed by atoms with van der Waals surface area (Å²) < 4.78 is 12.9. The number of hydrogen-bond acceptors (Lipinski definition) is 2. The SMILES string of the molecule is BrCCOc1cc(Br)c(OCCBr)cc1Br. The summed E-state index contributed by atoms with van der Waals surface area (Å²) in [5.74, 6) is 1.61. The maximum Gasteiger partial charge on any atom is 0.134 e. The van der Waals surface area contributed by atoms with Gasteiger partial charge in [-0.3, -0.25) is 0 Å². The first kappa shape index (κ1) is 14.8. The van der Waals surface area contributed by atoms with Crippen LogP contribution in [0.3, 0.4) is 0 Å². The summed E-state index contributed by atoms with van der Waals surface area (Å²) >= 11 is 13.5. The van der Waals surface area contributed by atoms with Crippen LogP contribution in [-0.2, 0) is 0 Å². The summed E-state index contributed by atoms with van der Waals surface area (Å²) in [7, 11) is 0. The Bertz CT molecular complexity index is 310. The van der Waals surface area contributed by atoms with E-state index in [4.69, 9.17) is 9.47 Å². The molecular formula is C10H10Br4O2. The van der Waals surface area contributed by atoms with Crippen molar-refractivity contribution in [2.75, 3.05) is 23.9 Å². The highest BCUT2D eigenvalue weighted by Crippen LogP contribution is 2.36. The molecule has 0 radical (unpaired) electrons. The Balaban J connectivity index is 2.79. The number of rotatable bonds is 6. The predicted molar refractivity (Wildman–Crippen MR) is 80.4 cm³/mol. The van der Waals surface area contributed by atoms with E-state index in [1.807, 2.05) is 12.1 Å². The van der Waals surface area contributed by atoms with Gasteiger partial charge in [0.05, 0.1) is 22.2 Å². The van der Waals surface area contributed by atoms with Gasteiger partial charge in [0.25, 0.3) is 0 Å². The van der Waals surface area contributed by atoms with Crippen LogP contribution in [0, 0.1) is 0 Å². The molecule has 0 amide bonds. The first-order chi connectivity index (χ1) is 7.69. The molecule has 0 saturated heterocycles. The maximum atomic E-state index is 5.54. The second-order valence-electron chi connectivity index (χ2n) is 2.79. The van der Waals surface area contributed by atoms with Gasteiger partial charge in [-0.15, -0.1) is 0 Å². The van der Waals surface area contributed by atoms with Crippen LogP contribution >= 0.6 is 63.7 Å². The molecule has 1 rings (SSSR count). The Hall–Kier alpha value is 0.740. The number of hydrogen-bond donors (Lipinski definition) is 0. The van der Waals surface area contributed by atoms with Crippen molar-refractivity contribution in [3.05, 3.63) is 21.1 Å². The zero-order chi connectivity index (χ0) is 12.0. The van der Waals surface area contributed by atoms with Gasteiger partial charge in [-0.2, -0.15) is 0 Å². The standard InChI is InChI=1S/C10H10Br4O2/c11-1-3-15-9-5-8(14)10(6-7(9)13)16-4-2-12/h5-6H,1-4H2. The minimum absolute atomic E-state index is 0.632. The van der Waals surface area contributed by atoms with E-state index in [1.165, 1.54) is 0 Å². The van der Waals surface area contributed by atoms with E-state index < -0.39 is 0 Å². The van der Waals surface area contributed by atoms with E-state index in [2.05, 4.69) is 63.7 Å². The molecule has 0 heterocycles. The predicted octanol–water partition coefficient (Wildman–Crippen LogP) is 4.76. The average molecular weight is 482 g/mol. The first-order valence-electron chi connectivity index (χ1n) is 4.55. The van der Waals surface area contributed by atoms with Crippen LogP contribution in [0.4, 0.5) is 0 Å². The highest BCUT2D eigenvalue weighted by molar-refractivity contribution is 9.11. The molecule has 90 valence electrons. The molecular weight excluding hydrogens is 472 g/mol.